The molecule has 7 heteroatoms. The number of hydrogen-bond donors (Lipinski definition) is 2. The molecule has 1 aromatic heterocycles. The molecule has 26 heavy (non-hydrogen) atoms. The molecule has 0 aliphatic heterocycles. The van der Waals surface area contributed by atoms with Crippen LogP contribution in [0.4, 0.5) is 24.5 Å². The van der Waals surface area contributed by atoms with E-state index in [9.17, 15) is 18.0 Å². The minimum Gasteiger partial charge on any atom is -0.383 e. The predicted molar refractivity (Wildman–Crippen MR) is 94.9 cm³/mol. The summed E-state index contributed by atoms with van der Waals surface area (Å²) in [6.07, 6.45) is -2.52. The van der Waals surface area contributed by atoms with Crippen molar-refractivity contribution in [3.63, 3.8) is 0 Å². The Balaban J connectivity index is 1.54. The lowest BCUT2D eigenvalue weighted by Gasteiger charge is -2.10. The van der Waals surface area contributed by atoms with Crippen LogP contribution in [0, 0.1) is 0 Å². The second kappa shape index (κ2) is 7.43. The summed E-state index contributed by atoms with van der Waals surface area (Å²) in [5, 5.41) is 6.74. The number of carbonyl (C=O) groups is 1. The van der Waals surface area contributed by atoms with Crippen LogP contribution >= 0.6 is 0 Å². The van der Waals surface area contributed by atoms with Crippen molar-refractivity contribution in [2.75, 3.05) is 17.2 Å². The van der Waals surface area contributed by atoms with Crippen molar-refractivity contribution in [2.24, 2.45) is 0 Å². The fraction of sp³-hybridized carbons (Fsp3) is 0.158. The van der Waals surface area contributed by atoms with Gasteiger partial charge in [-0.3, -0.25) is 9.78 Å². The Morgan fingerprint density at radius 2 is 1.73 bits per heavy atom. The topological polar surface area (TPSA) is 54.0 Å². The van der Waals surface area contributed by atoms with Crippen molar-refractivity contribution in [2.45, 2.75) is 12.6 Å². The number of benzene rings is 2. The Bertz CT molecular complexity index is 903. The van der Waals surface area contributed by atoms with Crippen molar-refractivity contribution in [3.8, 4) is 0 Å². The smallest absolute Gasteiger partial charge is 0.383 e. The third kappa shape index (κ3) is 4.30. The highest BCUT2D eigenvalue weighted by Crippen LogP contribution is 2.29. The maximum absolute atomic E-state index is 12.5. The fourth-order valence-electron chi connectivity index (χ4n) is 2.52. The first-order valence-corrected chi connectivity index (χ1v) is 7.98. The number of para-hydroxylation sites is 1. The third-order valence-electron chi connectivity index (χ3n) is 3.80. The monoisotopic (exact) mass is 359 g/mol. The van der Waals surface area contributed by atoms with Crippen molar-refractivity contribution in [1.29, 1.82) is 0 Å². The molecule has 0 bridgehead atoms. The molecule has 3 rings (SSSR count). The SMILES string of the molecule is O=C(CCNc1cccc2cccnc12)Nc1ccc(C(F)(F)F)cc1. The zero-order valence-electron chi connectivity index (χ0n) is 13.7. The number of pyridine rings is 1. The average molecular weight is 359 g/mol. The van der Waals surface area contributed by atoms with Gasteiger partial charge in [0.15, 0.2) is 0 Å². The Kier molecular flexibility index (Phi) is 5.06. The molecular formula is C19H16F3N3O. The summed E-state index contributed by atoms with van der Waals surface area (Å²) in [5.41, 5.74) is 1.22. The van der Waals surface area contributed by atoms with Crippen LogP contribution in [0.25, 0.3) is 10.9 Å². The van der Waals surface area contributed by atoms with Crippen LogP contribution in [0.1, 0.15) is 12.0 Å². The minimum absolute atomic E-state index is 0.171. The molecule has 4 nitrogen and oxygen atoms in total. The van der Waals surface area contributed by atoms with Crippen LogP contribution in [0.3, 0.4) is 0 Å². The highest BCUT2D eigenvalue weighted by Gasteiger charge is 2.29. The number of alkyl halides is 3. The minimum atomic E-state index is -4.39. The van der Waals surface area contributed by atoms with E-state index in [-0.39, 0.29) is 12.3 Å². The molecule has 0 saturated carbocycles. The number of nitrogens with zero attached hydrogens (tertiary/aromatic N) is 1. The van der Waals surface area contributed by atoms with Crippen molar-refractivity contribution < 1.29 is 18.0 Å². The van der Waals surface area contributed by atoms with Crippen LogP contribution in [0.2, 0.25) is 0 Å². The molecule has 0 aliphatic carbocycles. The van der Waals surface area contributed by atoms with Gasteiger partial charge in [0.2, 0.25) is 5.91 Å². The molecule has 0 unspecified atom stereocenters. The number of hydrogen-bond acceptors (Lipinski definition) is 3. The summed E-state index contributed by atoms with van der Waals surface area (Å²) >= 11 is 0. The lowest BCUT2D eigenvalue weighted by Crippen LogP contribution is -2.16. The second-order valence-corrected chi connectivity index (χ2v) is 5.68. The average Bonchev–Trinajstić information content (AvgIpc) is 2.61. The molecular weight excluding hydrogens is 343 g/mol. The highest BCUT2D eigenvalue weighted by molar-refractivity contribution is 5.92. The van der Waals surface area contributed by atoms with E-state index in [1.807, 2.05) is 30.3 Å². The van der Waals surface area contributed by atoms with Gasteiger partial charge in [-0.2, -0.15) is 13.2 Å². The number of rotatable bonds is 5. The predicted octanol–water partition coefficient (Wildman–Crippen LogP) is 4.69. The van der Waals surface area contributed by atoms with Crippen LogP contribution in [0.15, 0.2) is 60.8 Å². The molecule has 0 fully saturated rings. The number of fused-ring (bicyclic) bond motifs is 1. The van der Waals surface area contributed by atoms with Crippen LogP contribution < -0.4 is 10.6 Å². The summed E-state index contributed by atoms with van der Waals surface area (Å²) in [6, 6.07) is 13.9. The summed E-state index contributed by atoms with van der Waals surface area (Å²) < 4.78 is 37.6. The van der Waals surface area contributed by atoms with Crippen LogP contribution in [0.5, 0.6) is 0 Å². The quantitative estimate of drug-likeness (QED) is 0.695. The van der Waals surface area contributed by atoms with E-state index in [0.29, 0.717) is 12.2 Å². The van der Waals surface area contributed by atoms with E-state index >= 15 is 0 Å². The van der Waals surface area contributed by atoms with Gasteiger partial charge in [-0.25, -0.2) is 0 Å². The highest BCUT2D eigenvalue weighted by atomic mass is 19.4. The van der Waals surface area contributed by atoms with E-state index in [1.165, 1.54) is 12.1 Å². The van der Waals surface area contributed by atoms with Gasteiger partial charge < -0.3 is 10.6 Å². The number of halogens is 3. The lowest BCUT2D eigenvalue weighted by atomic mass is 10.2. The van der Waals surface area contributed by atoms with E-state index in [1.54, 1.807) is 6.20 Å². The Morgan fingerprint density at radius 3 is 2.46 bits per heavy atom. The maximum atomic E-state index is 12.5. The summed E-state index contributed by atoms with van der Waals surface area (Å²) in [7, 11) is 0. The van der Waals surface area contributed by atoms with Gasteiger partial charge in [-0.05, 0) is 36.4 Å². The Morgan fingerprint density at radius 1 is 1.00 bits per heavy atom. The zero-order valence-corrected chi connectivity index (χ0v) is 13.7. The molecule has 1 amide bonds. The number of nitrogens with one attached hydrogen (secondary N) is 2. The first-order valence-electron chi connectivity index (χ1n) is 7.98. The normalized spacial score (nSPS) is 11.3. The molecule has 0 atom stereocenters. The molecule has 1 heterocycles. The molecule has 0 spiro atoms. The molecule has 0 aliphatic rings. The third-order valence-corrected chi connectivity index (χ3v) is 3.80. The van der Waals surface area contributed by atoms with E-state index in [4.69, 9.17) is 0 Å². The molecule has 2 N–H and O–H groups in total. The van der Waals surface area contributed by atoms with Gasteiger partial charge in [-0.15, -0.1) is 0 Å². The zero-order chi connectivity index (χ0) is 18.6. The van der Waals surface area contributed by atoms with Gasteiger partial charge in [-0.1, -0.05) is 18.2 Å². The summed E-state index contributed by atoms with van der Waals surface area (Å²) in [4.78, 5) is 16.3. The van der Waals surface area contributed by atoms with Gasteiger partial charge in [0.05, 0.1) is 16.8 Å². The Labute approximate surface area is 148 Å². The lowest BCUT2D eigenvalue weighted by molar-refractivity contribution is -0.137. The fourth-order valence-corrected chi connectivity index (χ4v) is 2.52. The van der Waals surface area contributed by atoms with Crippen LogP contribution in [-0.4, -0.2) is 17.4 Å². The molecule has 0 radical (unpaired) electrons. The number of anilines is 2. The van der Waals surface area contributed by atoms with E-state index in [0.717, 1.165) is 28.7 Å². The molecule has 134 valence electrons. The first kappa shape index (κ1) is 17.7. The maximum Gasteiger partial charge on any atom is 0.416 e. The van der Waals surface area contributed by atoms with E-state index < -0.39 is 11.7 Å². The summed E-state index contributed by atoms with van der Waals surface area (Å²) in [5.74, 6) is -0.287. The Hall–Kier alpha value is -3.09. The number of aromatic nitrogens is 1. The molecule has 3 aromatic rings. The van der Waals surface area contributed by atoms with Crippen LogP contribution in [-0.2, 0) is 11.0 Å². The van der Waals surface area contributed by atoms with E-state index in [2.05, 4.69) is 15.6 Å². The van der Waals surface area contributed by atoms with Gasteiger partial charge in [0.25, 0.3) is 0 Å². The largest absolute Gasteiger partial charge is 0.416 e. The van der Waals surface area contributed by atoms with Gasteiger partial charge >= 0.3 is 6.18 Å². The number of carbonyl (C=O) groups excluding carboxylic acids is 1. The summed E-state index contributed by atoms with van der Waals surface area (Å²) in [6.45, 7) is 0.377. The second-order valence-electron chi connectivity index (χ2n) is 5.68. The standard InChI is InChI=1S/C19H16F3N3O/c20-19(21,22)14-6-8-15(9-7-14)25-17(26)10-12-23-16-5-1-3-13-4-2-11-24-18(13)16/h1-9,11,23H,10,12H2,(H,25,26). The van der Waals surface area contributed by atoms with Gasteiger partial charge in [0, 0.05) is 30.2 Å². The van der Waals surface area contributed by atoms with Crippen molar-refractivity contribution in [1.82, 2.24) is 4.98 Å². The van der Waals surface area contributed by atoms with Crippen molar-refractivity contribution in [3.05, 3.63) is 66.4 Å². The molecule has 2 aromatic carbocycles. The van der Waals surface area contributed by atoms with Gasteiger partial charge in [0.1, 0.15) is 0 Å². The van der Waals surface area contributed by atoms with Crippen molar-refractivity contribution >= 4 is 28.2 Å². The first-order chi connectivity index (χ1) is 12.4. The number of amides is 1. The molecule has 0 saturated heterocycles.